The first-order valence-corrected chi connectivity index (χ1v) is 12.5. The average molecular weight is 492 g/mol. The molecule has 2 heterocycles. The van der Waals surface area contributed by atoms with Gasteiger partial charge in [-0.15, -0.1) is 0 Å². The Balaban J connectivity index is 1.47. The van der Waals surface area contributed by atoms with E-state index in [2.05, 4.69) is 0 Å². The smallest absolute Gasteiger partial charge is 0.258 e. The van der Waals surface area contributed by atoms with Gasteiger partial charge >= 0.3 is 0 Å². The molecule has 6 rings (SSSR count). The first-order chi connectivity index (χ1) is 17.2. The van der Waals surface area contributed by atoms with Crippen molar-refractivity contribution in [2.24, 2.45) is 5.92 Å². The maximum Gasteiger partial charge on any atom is 0.258 e. The van der Waals surface area contributed by atoms with Crippen LogP contribution in [0.15, 0.2) is 34.6 Å². The summed E-state index contributed by atoms with van der Waals surface area (Å²) in [4.78, 5) is 27.1. The molecule has 36 heavy (non-hydrogen) atoms. The van der Waals surface area contributed by atoms with Crippen molar-refractivity contribution in [1.82, 2.24) is 4.57 Å². The third-order valence-corrected chi connectivity index (χ3v) is 8.41. The zero-order valence-electron chi connectivity index (χ0n) is 20.2. The summed E-state index contributed by atoms with van der Waals surface area (Å²) < 4.78 is 30.3. The third-order valence-electron chi connectivity index (χ3n) is 8.41. The van der Waals surface area contributed by atoms with Crippen LogP contribution >= 0.6 is 0 Å². The second kappa shape index (κ2) is 8.02. The Labute approximate surface area is 206 Å². The van der Waals surface area contributed by atoms with Crippen LogP contribution in [0.3, 0.4) is 0 Å². The van der Waals surface area contributed by atoms with Crippen LogP contribution in [-0.2, 0) is 24.1 Å². The fourth-order valence-electron chi connectivity index (χ4n) is 6.59. The molecule has 2 N–H and O–H groups in total. The molecule has 0 unspecified atom stereocenters. The largest absolute Gasteiger partial charge is 0.507 e. The Kier molecular flexibility index (Phi) is 5.11. The van der Waals surface area contributed by atoms with E-state index < -0.39 is 17.6 Å². The molecule has 0 radical (unpaired) electrons. The highest BCUT2D eigenvalue weighted by atomic mass is 19.1. The molecule has 0 amide bonds. The SMILES string of the molecule is C[C@@H]1CCc2cc(F)cc3c(O)c(CCC4=C(O)c5cc(F)cc6c5[C@@H](C4=O)[C@@H](C)CC6)c(=O)n1c23. The lowest BCUT2D eigenvalue weighted by Crippen LogP contribution is -2.33. The zero-order chi connectivity index (χ0) is 25.5. The van der Waals surface area contributed by atoms with E-state index in [0.29, 0.717) is 41.5 Å². The molecule has 5 nitrogen and oxygen atoms in total. The molecule has 1 aliphatic heterocycles. The quantitative estimate of drug-likeness (QED) is 0.497. The Hall–Kier alpha value is -3.48. The van der Waals surface area contributed by atoms with Crippen LogP contribution in [0, 0.1) is 17.6 Å². The molecule has 0 fully saturated rings. The number of carbonyl (C=O) groups is 1. The average Bonchev–Trinajstić information content (AvgIpc) is 2.83. The summed E-state index contributed by atoms with van der Waals surface area (Å²) in [5.74, 6) is -2.16. The lowest BCUT2D eigenvalue weighted by atomic mass is 9.67. The van der Waals surface area contributed by atoms with Crippen LogP contribution in [0.25, 0.3) is 16.7 Å². The van der Waals surface area contributed by atoms with Gasteiger partial charge in [0.2, 0.25) is 0 Å². The molecule has 0 saturated carbocycles. The summed E-state index contributed by atoms with van der Waals surface area (Å²) in [5.41, 5.74) is 2.89. The molecule has 3 atom stereocenters. The molecule has 2 aromatic carbocycles. The van der Waals surface area contributed by atoms with Crippen molar-refractivity contribution in [1.29, 1.82) is 0 Å². The maximum atomic E-state index is 14.4. The number of Topliss-reactive ketones (excluding diaryl/α,β-unsaturated/α-hetero) is 1. The molecule has 3 aliphatic rings. The Morgan fingerprint density at radius 1 is 0.944 bits per heavy atom. The molecule has 2 aliphatic carbocycles. The van der Waals surface area contributed by atoms with E-state index in [1.54, 1.807) is 4.57 Å². The van der Waals surface area contributed by atoms with Crippen molar-refractivity contribution in [3.63, 3.8) is 0 Å². The van der Waals surface area contributed by atoms with Crippen LogP contribution in [0.4, 0.5) is 8.78 Å². The lowest BCUT2D eigenvalue weighted by Gasteiger charge is -2.36. The van der Waals surface area contributed by atoms with Crippen molar-refractivity contribution in [2.45, 2.75) is 64.3 Å². The van der Waals surface area contributed by atoms with Gasteiger partial charge in [0.15, 0.2) is 5.78 Å². The number of pyridine rings is 1. The maximum absolute atomic E-state index is 14.4. The number of aliphatic hydroxyl groups is 1. The van der Waals surface area contributed by atoms with Gasteiger partial charge in [-0.2, -0.15) is 0 Å². The van der Waals surface area contributed by atoms with Crippen molar-refractivity contribution >= 4 is 22.4 Å². The van der Waals surface area contributed by atoms with Crippen LogP contribution in [0.1, 0.15) is 72.9 Å². The number of carbonyl (C=O) groups excluding carboxylic acids is 1. The summed E-state index contributed by atoms with van der Waals surface area (Å²) in [6.45, 7) is 3.90. The molecular weight excluding hydrogens is 464 g/mol. The molecule has 3 aromatic rings. The molecule has 0 saturated heterocycles. The van der Waals surface area contributed by atoms with Crippen molar-refractivity contribution < 1.29 is 23.8 Å². The van der Waals surface area contributed by atoms with Gasteiger partial charge in [0.05, 0.1) is 17.0 Å². The number of aromatic hydroxyl groups is 1. The number of hydrogen-bond donors (Lipinski definition) is 2. The van der Waals surface area contributed by atoms with Gasteiger partial charge in [0, 0.05) is 22.6 Å². The fraction of sp³-hybridized carbons (Fsp3) is 0.379. The number of ketones is 1. The number of nitrogens with zero attached hydrogens (tertiary/aromatic N) is 1. The molecular formula is C29H27F2NO4. The number of halogens is 2. The number of aryl methyl sites for hydroxylation is 2. The topological polar surface area (TPSA) is 79.5 Å². The Morgan fingerprint density at radius 3 is 2.42 bits per heavy atom. The molecule has 7 heteroatoms. The Morgan fingerprint density at radius 2 is 1.64 bits per heavy atom. The second-order valence-corrected chi connectivity index (χ2v) is 10.6. The summed E-state index contributed by atoms with van der Waals surface area (Å²) in [5, 5.41) is 22.4. The highest BCUT2D eigenvalue weighted by molar-refractivity contribution is 6.09. The predicted octanol–water partition coefficient (Wildman–Crippen LogP) is 5.64. The highest BCUT2D eigenvalue weighted by Crippen LogP contribution is 2.47. The second-order valence-electron chi connectivity index (χ2n) is 10.6. The fourth-order valence-corrected chi connectivity index (χ4v) is 6.59. The van der Waals surface area contributed by atoms with Gasteiger partial charge in [-0.1, -0.05) is 6.92 Å². The van der Waals surface area contributed by atoms with E-state index in [9.17, 15) is 28.6 Å². The number of rotatable bonds is 3. The van der Waals surface area contributed by atoms with Gasteiger partial charge in [-0.05, 0) is 92.3 Å². The van der Waals surface area contributed by atoms with Crippen LogP contribution < -0.4 is 5.56 Å². The van der Waals surface area contributed by atoms with Crippen LogP contribution in [0.5, 0.6) is 5.75 Å². The monoisotopic (exact) mass is 491 g/mol. The first-order valence-electron chi connectivity index (χ1n) is 12.5. The Bertz CT molecular complexity index is 1570. The predicted molar refractivity (Wildman–Crippen MR) is 132 cm³/mol. The zero-order valence-corrected chi connectivity index (χ0v) is 20.2. The summed E-state index contributed by atoms with van der Waals surface area (Å²) in [6.07, 6.45) is 2.66. The van der Waals surface area contributed by atoms with E-state index in [1.807, 2.05) is 13.8 Å². The third kappa shape index (κ3) is 3.18. The molecule has 0 spiro atoms. The van der Waals surface area contributed by atoms with E-state index in [0.717, 1.165) is 12.0 Å². The normalized spacial score (nSPS) is 22.8. The van der Waals surface area contributed by atoms with E-state index in [-0.39, 0.29) is 64.2 Å². The van der Waals surface area contributed by atoms with E-state index >= 15 is 0 Å². The number of aromatic nitrogens is 1. The summed E-state index contributed by atoms with van der Waals surface area (Å²) >= 11 is 0. The van der Waals surface area contributed by atoms with Gasteiger partial charge < -0.3 is 14.8 Å². The minimum absolute atomic E-state index is 0.00400. The summed E-state index contributed by atoms with van der Waals surface area (Å²) in [6, 6.07) is 5.22. The minimum Gasteiger partial charge on any atom is -0.507 e. The van der Waals surface area contributed by atoms with Gasteiger partial charge in [-0.3, -0.25) is 9.59 Å². The number of aliphatic hydroxyl groups excluding tert-OH is 1. The molecule has 0 bridgehead atoms. The van der Waals surface area contributed by atoms with Crippen molar-refractivity contribution in [2.75, 3.05) is 0 Å². The van der Waals surface area contributed by atoms with Crippen LogP contribution in [-0.4, -0.2) is 20.6 Å². The minimum atomic E-state index is -0.484. The number of allylic oxidation sites excluding steroid dienone is 1. The van der Waals surface area contributed by atoms with E-state index in [4.69, 9.17) is 0 Å². The van der Waals surface area contributed by atoms with Crippen molar-refractivity contribution in [3.05, 3.63) is 79.6 Å². The highest BCUT2D eigenvalue weighted by Gasteiger charge is 2.41. The van der Waals surface area contributed by atoms with Gasteiger partial charge in [0.25, 0.3) is 5.56 Å². The number of benzene rings is 2. The van der Waals surface area contributed by atoms with Gasteiger partial charge in [-0.25, -0.2) is 8.78 Å². The lowest BCUT2D eigenvalue weighted by molar-refractivity contribution is -0.118. The van der Waals surface area contributed by atoms with E-state index in [1.165, 1.54) is 24.3 Å². The standard InChI is InChI=1S/C29H27F2NO4/c1-13-3-5-15-9-17(30)11-21-24(15)23(13)28(35)19(26(21)33)7-8-20-27(34)22-12-18(31)10-16-6-4-14(2)32(25(16)22)29(20)36/h9-14,23,33-34H,3-8H2,1-2H3/t13-,14+,23-/m0/s1. The first kappa shape index (κ1) is 23.0. The van der Waals surface area contributed by atoms with Crippen molar-refractivity contribution in [3.8, 4) is 5.75 Å². The van der Waals surface area contributed by atoms with Gasteiger partial charge in [0.1, 0.15) is 23.1 Å². The molecule has 186 valence electrons. The van der Waals surface area contributed by atoms with Crippen LogP contribution in [0.2, 0.25) is 0 Å². The molecule has 1 aromatic heterocycles. The number of hydrogen-bond acceptors (Lipinski definition) is 4. The summed E-state index contributed by atoms with van der Waals surface area (Å²) in [7, 11) is 0.